The molecule has 0 aromatic heterocycles. The van der Waals surface area contributed by atoms with Crippen molar-refractivity contribution >= 4 is 0 Å². The van der Waals surface area contributed by atoms with Crippen LogP contribution in [-0.2, 0) is 9.47 Å². The second-order valence-electron chi connectivity index (χ2n) is 3.64. The number of fused-ring (bicyclic) bond motifs is 1. The Balaban J connectivity index is 2.28. The molecule has 3 heteroatoms. The average Bonchev–Trinajstić information content (AvgIpc) is 2.37. The van der Waals surface area contributed by atoms with Crippen molar-refractivity contribution in [3.63, 3.8) is 0 Å². The highest BCUT2D eigenvalue weighted by Gasteiger charge is 2.42. The van der Waals surface area contributed by atoms with Crippen molar-refractivity contribution in [2.45, 2.75) is 31.8 Å². The van der Waals surface area contributed by atoms with E-state index in [2.05, 4.69) is 6.07 Å². The van der Waals surface area contributed by atoms with Crippen LogP contribution in [0.4, 0.5) is 0 Å². The zero-order valence-corrected chi connectivity index (χ0v) is 7.65. The van der Waals surface area contributed by atoms with E-state index in [-0.39, 0.29) is 12.2 Å². The molecule has 0 saturated carbocycles. The van der Waals surface area contributed by atoms with Crippen LogP contribution in [0.15, 0.2) is 23.8 Å². The largest absolute Gasteiger partial charge is 0.340 e. The van der Waals surface area contributed by atoms with Crippen molar-refractivity contribution < 1.29 is 9.47 Å². The van der Waals surface area contributed by atoms with E-state index in [1.54, 1.807) is 6.08 Å². The molecule has 0 aromatic rings. The number of nitrogens with zero attached hydrogens (tertiary/aromatic N) is 1. The lowest BCUT2D eigenvalue weighted by molar-refractivity contribution is -0.139. The van der Waals surface area contributed by atoms with Crippen LogP contribution in [0.3, 0.4) is 0 Å². The maximum Gasteiger partial charge on any atom is 0.164 e. The minimum absolute atomic E-state index is 0.102. The van der Waals surface area contributed by atoms with E-state index in [9.17, 15) is 0 Å². The first kappa shape index (κ1) is 8.49. The molecular formula is C10H11NO2. The summed E-state index contributed by atoms with van der Waals surface area (Å²) in [5.74, 6) is -0.583. The molecule has 0 radical (unpaired) electrons. The zero-order valence-electron chi connectivity index (χ0n) is 7.65. The summed E-state index contributed by atoms with van der Waals surface area (Å²) in [6.45, 7) is 3.71. The first-order chi connectivity index (χ1) is 6.12. The molecule has 1 heterocycles. The third kappa shape index (κ3) is 1.39. The predicted molar refractivity (Wildman–Crippen MR) is 46.7 cm³/mol. The average molecular weight is 177 g/mol. The highest BCUT2D eigenvalue weighted by Crippen LogP contribution is 2.34. The first-order valence-corrected chi connectivity index (χ1v) is 4.26. The standard InChI is InChI=1S/C10H11NO2/c1-10(2)12-8-5-3-4-7(6-11)9(8)13-10/h3-5,8-9H,1-2H3/t8-,9-/m0/s1. The molecule has 68 valence electrons. The van der Waals surface area contributed by atoms with E-state index in [0.29, 0.717) is 5.57 Å². The van der Waals surface area contributed by atoms with Gasteiger partial charge >= 0.3 is 0 Å². The minimum atomic E-state index is -0.583. The van der Waals surface area contributed by atoms with Gasteiger partial charge in [-0.05, 0) is 19.9 Å². The lowest BCUT2D eigenvalue weighted by Crippen LogP contribution is -2.24. The number of hydrogen-bond acceptors (Lipinski definition) is 3. The summed E-state index contributed by atoms with van der Waals surface area (Å²) in [4.78, 5) is 0. The molecule has 2 atom stereocenters. The summed E-state index contributed by atoms with van der Waals surface area (Å²) in [6, 6.07) is 2.12. The van der Waals surface area contributed by atoms with Crippen LogP contribution in [-0.4, -0.2) is 18.0 Å². The van der Waals surface area contributed by atoms with Gasteiger partial charge in [-0.15, -0.1) is 0 Å². The van der Waals surface area contributed by atoms with Gasteiger partial charge < -0.3 is 9.47 Å². The molecule has 1 saturated heterocycles. The Morgan fingerprint density at radius 3 is 2.92 bits per heavy atom. The molecular weight excluding hydrogens is 166 g/mol. The highest BCUT2D eigenvalue weighted by molar-refractivity contribution is 5.36. The molecule has 0 spiro atoms. The summed E-state index contributed by atoms with van der Waals surface area (Å²) in [7, 11) is 0. The van der Waals surface area contributed by atoms with Crippen molar-refractivity contribution in [3.05, 3.63) is 23.8 Å². The van der Waals surface area contributed by atoms with Gasteiger partial charge in [-0.1, -0.05) is 12.2 Å². The number of allylic oxidation sites excluding steroid dienone is 2. The quantitative estimate of drug-likeness (QED) is 0.563. The second kappa shape index (κ2) is 2.69. The van der Waals surface area contributed by atoms with Gasteiger partial charge in [0.05, 0.1) is 11.6 Å². The molecule has 2 aliphatic rings. The van der Waals surface area contributed by atoms with Crippen molar-refractivity contribution in [2.24, 2.45) is 0 Å². The summed E-state index contributed by atoms with van der Waals surface area (Å²) in [5.41, 5.74) is 0.637. The summed E-state index contributed by atoms with van der Waals surface area (Å²) in [5, 5.41) is 8.82. The van der Waals surface area contributed by atoms with Crippen LogP contribution in [0, 0.1) is 11.3 Å². The lowest BCUT2D eigenvalue weighted by atomic mass is 10.0. The van der Waals surface area contributed by atoms with E-state index in [1.807, 2.05) is 26.0 Å². The summed E-state index contributed by atoms with van der Waals surface area (Å²) >= 11 is 0. The fraction of sp³-hybridized carbons (Fsp3) is 0.500. The smallest absolute Gasteiger partial charge is 0.164 e. The molecule has 0 N–H and O–H groups in total. The van der Waals surface area contributed by atoms with E-state index < -0.39 is 5.79 Å². The van der Waals surface area contributed by atoms with Gasteiger partial charge in [-0.25, -0.2) is 0 Å². The molecule has 0 aromatic carbocycles. The van der Waals surface area contributed by atoms with E-state index in [0.717, 1.165) is 0 Å². The van der Waals surface area contributed by atoms with Gasteiger partial charge in [0, 0.05) is 0 Å². The Labute approximate surface area is 77.3 Å². The molecule has 1 aliphatic heterocycles. The Bertz CT molecular complexity index is 322. The lowest BCUT2D eigenvalue weighted by Gasteiger charge is -2.16. The van der Waals surface area contributed by atoms with Crippen molar-refractivity contribution in [1.29, 1.82) is 5.26 Å². The molecule has 3 nitrogen and oxygen atoms in total. The third-order valence-corrected chi connectivity index (χ3v) is 2.14. The molecule has 13 heavy (non-hydrogen) atoms. The van der Waals surface area contributed by atoms with Gasteiger partial charge in [-0.3, -0.25) is 0 Å². The maximum atomic E-state index is 8.82. The molecule has 0 amide bonds. The van der Waals surface area contributed by atoms with Gasteiger partial charge in [0.1, 0.15) is 12.2 Å². The Kier molecular flexibility index (Phi) is 1.76. The number of ether oxygens (including phenoxy) is 2. The van der Waals surface area contributed by atoms with Gasteiger partial charge in [0.2, 0.25) is 0 Å². The molecule has 0 bridgehead atoms. The maximum absolute atomic E-state index is 8.82. The van der Waals surface area contributed by atoms with Crippen LogP contribution in [0.1, 0.15) is 13.8 Å². The van der Waals surface area contributed by atoms with Crippen molar-refractivity contribution in [2.75, 3.05) is 0 Å². The number of rotatable bonds is 0. The van der Waals surface area contributed by atoms with Crippen LogP contribution >= 0.6 is 0 Å². The van der Waals surface area contributed by atoms with Crippen molar-refractivity contribution in [1.82, 2.24) is 0 Å². The van der Waals surface area contributed by atoms with E-state index in [4.69, 9.17) is 14.7 Å². The fourth-order valence-electron chi connectivity index (χ4n) is 1.64. The molecule has 1 fully saturated rings. The Morgan fingerprint density at radius 1 is 1.46 bits per heavy atom. The van der Waals surface area contributed by atoms with Crippen molar-refractivity contribution in [3.8, 4) is 6.07 Å². The number of nitriles is 1. The highest BCUT2D eigenvalue weighted by atomic mass is 16.7. The summed E-state index contributed by atoms with van der Waals surface area (Å²) < 4.78 is 11.2. The summed E-state index contributed by atoms with van der Waals surface area (Å²) in [6.07, 6.45) is 5.20. The second-order valence-corrected chi connectivity index (χ2v) is 3.64. The van der Waals surface area contributed by atoms with E-state index in [1.165, 1.54) is 0 Å². The Morgan fingerprint density at radius 2 is 2.23 bits per heavy atom. The SMILES string of the molecule is CC1(C)O[C@H]2C=CC=C(C#N)[C@@H]2O1. The fourth-order valence-corrected chi connectivity index (χ4v) is 1.64. The zero-order chi connectivity index (χ0) is 9.47. The minimum Gasteiger partial charge on any atom is -0.340 e. The normalized spacial score (nSPS) is 35.0. The van der Waals surface area contributed by atoms with Gasteiger partial charge in [0.25, 0.3) is 0 Å². The third-order valence-electron chi connectivity index (χ3n) is 2.14. The molecule has 0 unspecified atom stereocenters. The van der Waals surface area contributed by atoms with Crippen LogP contribution in [0.25, 0.3) is 0 Å². The van der Waals surface area contributed by atoms with Crippen LogP contribution < -0.4 is 0 Å². The van der Waals surface area contributed by atoms with Crippen LogP contribution in [0.5, 0.6) is 0 Å². The predicted octanol–water partition coefficient (Wildman–Crippen LogP) is 1.53. The van der Waals surface area contributed by atoms with E-state index >= 15 is 0 Å². The van der Waals surface area contributed by atoms with Crippen LogP contribution in [0.2, 0.25) is 0 Å². The monoisotopic (exact) mass is 177 g/mol. The van der Waals surface area contributed by atoms with Gasteiger partial charge in [-0.2, -0.15) is 5.26 Å². The molecule has 1 aliphatic carbocycles. The first-order valence-electron chi connectivity index (χ1n) is 4.26. The van der Waals surface area contributed by atoms with Gasteiger partial charge in [0.15, 0.2) is 5.79 Å². The number of hydrogen-bond donors (Lipinski definition) is 0. The molecule has 2 rings (SSSR count). The topological polar surface area (TPSA) is 42.2 Å². The Hall–Kier alpha value is -1.11.